The third kappa shape index (κ3) is 3.09. The maximum atomic E-state index is 12.0. The molecule has 0 saturated heterocycles. The topological polar surface area (TPSA) is 94.0 Å². The Morgan fingerprint density at radius 2 is 2.16 bits per heavy atom. The largest absolute Gasteiger partial charge is 0.398 e. The van der Waals surface area contributed by atoms with Crippen molar-refractivity contribution in [1.29, 1.82) is 0 Å². The van der Waals surface area contributed by atoms with Crippen LogP contribution in [0, 0.1) is 13.8 Å². The predicted molar refractivity (Wildman–Crippen MR) is 70.7 cm³/mol. The van der Waals surface area contributed by atoms with Crippen LogP contribution in [0.3, 0.4) is 0 Å². The molecule has 0 aliphatic carbocycles. The van der Waals surface area contributed by atoms with E-state index in [-0.39, 0.29) is 5.91 Å². The summed E-state index contributed by atoms with van der Waals surface area (Å²) in [5, 5.41) is 6.48. The number of carbonyl (C=O) groups excluding carboxylic acids is 1. The van der Waals surface area contributed by atoms with E-state index in [4.69, 9.17) is 5.73 Å². The van der Waals surface area contributed by atoms with E-state index in [9.17, 15) is 4.79 Å². The van der Waals surface area contributed by atoms with Crippen molar-refractivity contribution < 1.29 is 9.32 Å². The minimum atomic E-state index is -0.146. The third-order valence-electron chi connectivity index (χ3n) is 2.90. The van der Waals surface area contributed by atoms with Gasteiger partial charge < -0.3 is 15.6 Å². The lowest BCUT2D eigenvalue weighted by Gasteiger charge is -2.09. The minimum absolute atomic E-state index is 0.146. The van der Waals surface area contributed by atoms with E-state index in [0.717, 1.165) is 11.1 Å². The molecule has 0 radical (unpaired) electrons. The molecule has 0 unspecified atom stereocenters. The molecule has 19 heavy (non-hydrogen) atoms. The van der Waals surface area contributed by atoms with Crippen LogP contribution in [0.1, 0.15) is 27.3 Å². The van der Waals surface area contributed by atoms with Crippen molar-refractivity contribution in [1.82, 2.24) is 15.5 Å². The molecule has 0 aliphatic rings. The number of nitrogens with one attached hydrogen (secondary N) is 1. The van der Waals surface area contributed by atoms with Crippen LogP contribution in [-0.4, -0.2) is 22.6 Å². The summed E-state index contributed by atoms with van der Waals surface area (Å²) >= 11 is 0. The van der Waals surface area contributed by atoms with E-state index in [1.165, 1.54) is 6.39 Å². The number of carbonyl (C=O) groups is 1. The Hall–Kier alpha value is -2.37. The number of hydrogen-bond donors (Lipinski definition) is 2. The monoisotopic (exact) mass is 260 g/mol. The summed E-state index contributed by atoms with van der Waals surface area (Å²) in [7, 11) is 0. The van der Waals surface area contributed by atoms with Gasteiger partial charge in [-0.1, -0.05) is 11.2 Å². The Kier molecular flexibility index (Phi) is 3.79. The zero-order chi connectivity index (χ0) is 13.8. The second kappa shape index (κ2) is 5.51. The van der Waals surface area contributed by atoms with Crippen molar-refractivity contribution in [2.75, 3.05) is 12.3 Å². The first-order chi connectivity index (χ1) is 9.08. The molecule has 0 spiro atoms. The molecule has 1 aromatic heterocycles. The number of rotatable bonds is 4. The molecule has 2 aromatic rings. The minimum Gasteiger partial charge on any atom is -0.398 e. The Morgan fingerprint density at radius 3 is 2.84 bits per heavy atom. The standard InChI is InChI=1S/C13H16N4O2/c1-8-5-9(2)11(14)6-10(8)13(18)15-4-3-12-16-7-19-17-12/h5-7H,3-4,14H2,1-2H3,(H,15,18). The van der Waals surface area contributed by atoms with Gasteiger partial charge >= 0.3 is 0 Å². The summed E-state index contributed by atoms with van der Waals surface area (Å²) in [6.45, 7) is 4.26. The molecule has 1 aromatic carbocycles. The zero-order valence-corrected chi connectivity index (χ0v) is 10.9. The number of amides is 1. The van der Waals surface area contributed by atoms with Crippen molar-refractivity contribution in [2.45, 2.75) is 20.3 Å². The van der Waals surface area contributed by atoms with E-state index < -0.39 is 0 Å². The Morgan fingerprint density at radius 1 is 1.37 bits per heavy atom. The summed E-state index contributed by atoms with van der Waals surface area (Å²) in [6.07, 6.45) is 1.80. The lowest BCUT2D eigenvalue weighted by atomic mass is 10.0. The van der Waals surface area contributed by atoms with Gasteiger partial charge in [-0.2, -0.15) is 4.98 Å². The number of nitrogen functional groups attached to an aromatic ring is 1. The van der Waals surface area contributed by atoms with Gasteiger partial charge in [-0.3, -0.25) is 4.79 Å². The van der Waals surface area contributed by atoms with Gasteiger partial charge in [0.1, 0.15) is 0 Å². The van der Waals surface area contributed by atoms with Crippen molar-refractivity contribution in [3.63, 3.8) is 0 Å². The first-order valence-electron chi connectivity index (χ1n) is 5.98. The molecular formula is C13H16N4O2. The van der Waals surface area contributed by atoms with Gasteiger partial charge in [0.15, 0.2) is 5.82 Å². The molecule has 100 valence electrons. The average molecular weight is 260 g/mol. The van der Waals surface area contributed by atoms with Gasteiger partial charge in [-0.25, -0.2) is 0 Å². The Labute approximate surface area is 111 Å². The van der Waals surface area contributed by atoms with Crippen molar-refractivity contribution in [2.24, 2.45) is 0 Å². The molecule has 6 nitrogen and oxygen atoms in total. The van der Waals surface area contributed by atoms with E-state index in [2.05, 4.69) is 20.0 Å². The number of aromatic nitrogens is 2. The van der Waals surface area contributed by atoms with Gasteiger partial charge in [-0.15, -0.1) is 0 Å². The molecule has 6 heteroatoms. The van der Waals surface area contributed by atoms with Gasteiger partial charge in [0.2, 0.25) is 6.39 Å². The fourth-order valence-electron chi connectivity index (χ4n) is 1.80. The van der Waals surface area contributed by atoms with Crippen molar-refractivity contribution >= 4 is 11.6 Å². The van der Waals surface area contributed by atoms with E-state index in [1.807, 2.05) is 19.9 Å². The van der Waals surface area contributed by atoms with Gasteiger partial charge in [-0.05, 0) is 31.0 Å². The second-order valence-electron chi connectivity index (χ2n) is 4.38. The van der Waals surface area contributed by atoms with Crippen LogP contribution < -0.4 is 11.1 Å². The SMILES string of the molecule is Cc1cc(C)c(C(=O)NCCc2ncon2)cc1N. The fourth-order valence-corrected chi connectivity index (χ4v) is 1.80. The highest BCUT2D eigenvalue weighted by molar-refractivity contribution is 5.96. The molecule has 1 amide bonds. The molecule has 3 N–H and O–H groups in total. The first-order valence-corrected chi connectivity index (χ1v) is 5.98. The third-order valence-corrected chi connectivity index (χ3v) is 2.90. The van der Waals surface area contributed by atoms with Crippen molar-refractivity contribution in [3.8, 4) is 0 Å². The smallest absolute Gasteiger partial charge is 0.251 e. The summed E-state index contributed by atoms with van der Waals surface area (Å²) < 4.78 is 4.61. The summed E-state index contributed by atoms with van der Waals surface area (Å²) in [5.74, 6) is 0.424. The lowest BCUT2D eigenvalue weighted by molar-refractivity contribution is 0.0953. The molecular weight excluding hydrogens is 244 g/mol. The van der Waals surface area contributed by atoms with E-state index in [0.29, 0.717) is 30.0 Å². The Balaban J connectivity index is 1.98. The molecule has 1 heterocycles. The van der Waals surface area contributed by atoms with Gasteiger partial charge in [0.05, 0.1) is 0 Å². The molecule has 0 bridgehead atoms. The summed E-state index contributed by atoms with van der Waals surface area (Å²) in [5.41, 5.74) is 8.91. The number of nitrogens with two attached hydrogens (primary N) is 1. The first kappa shape index (κ1) is 13.1. The molecule has 0 atom stereocenters. The highest BCUT2D eigenvalue weighted by atomic mass is 16.5. The predicted octanol–water partition coefficient (Wildman–Crippen LogP) is 1.24. The number of aryl methyl sites for hydroxylation is 2. The van der Waals surface area contributed by atoms with Crippen LogP contribution in [0.15, 0.2) is 23.0 Å². The van der Waals surface area contributed by atoms with Gasteiger partial charge in [0.25, 0.3) is 5.91 Å². The summed E-state index contributed by atoms with van der Waals surface area (Å²) in [6, 6.07) is 3.61. The van der Waals surface area contributed by atoms with E-state index in [1.54, 1.807) is 6.07 Å². The highest BCUT2D eigenvalue weighted by Crippen LogP contribution is 2.17. The number of benzene rings is 1. The van der Waals surface area contributed by atoms with Crippen LogP contribution in [0.25, 0.3) is 0 Å². The van der Waals surface area contributed by atoms with Crippen LogP contribution in [0.4, 0.5) is 5.69 Å². The maximum Gasteiger partial charge on any atom is 0.251 e. The zero-order valence-electron chi connectivity index (χ0n) is 10.9. The maximum absolute atomic E-state index is 12.0. The molecule has 0 saturated carbocycles. The highest BCUT2D eigenvalue weighted by Gasteiger charge is 2.10. The van der Waals surface area contributed by atoms with Crippen LogP contribution in [0.2, 0.25) is 0 Å². The average Bonchev–Trinajstić information content (AvgIpc) is 2.86. The number of anilines is 1. The van der Waals surface area contributed by atoms with Crippen LogP contribution in [-0.2, 0) is 6.42 Å². The quantitative estimate of drug-likeness (QED) is 0.807. The Bertz CT molecular complexity index is 579. The van der Waals surface area contributed by atoms with Crippen LogP contribution in [0.5, 0.6) is 0 Å². The molecule has 0 aliphatic heterocycles. The number of nitrogens with zero attached hydrogens (tertiary/aromatic N) is 2. The fraction of sp³-hybridized carbons (Fsp3) is 0.308. The van der Waals surface area contributed by atoms with E-state index >= 15 is 0 Å². The lowest BCUT2D eigenvalue weighted by Crippen LogP contribution is -2.26. The van der Waals surface area contributed by atoms with Crippen LogP contribution >= 0.6 is 0 Å². The number of hydrogen-bond acceptors (Lipinski definition) is 5. The normalized spacial score (nSPS) is 10.4. The van der Waals surface area contributed by atoms with Crippen molar-refractivity contribution in [3.05, 3.63) is 41.0 Å². The van der Waals surface area contributed by atoms with Gasteiger partial charge in [0, 0.05) is 24.2 Å². The molecule has 0 fully saturated rings. The second-order valence-corrected chi connectivity index (χ2v) is 4.38. The molecule has 2 rings (SSSR count). The summed E-state index contributed by atoms with van der Waals surface area (Å²) in [4.78, 5) is 15.9.